The number of nitrogens with one attached hydrogen (secondary N) is 1. The maximum atomic E-state index is 13.3. The molecule has 1 N–H and O–H groups in total. The Balaban J connectivity index is 2.17. The van der Waals surface area contributed by atoms with Gasteiger partial charge in [0.1, 0.15) is 5.75 Å². The van der Waals surface area contributed by atoms with Gasteiger partial charge in [-0.25, -0.2) is 4.99 Å². The smallest absolute Gasteiger partial charge is 0.416 e. The number of benzene rings is 1. The Kier molecular flexibility index (Phi) is 7.14. The molecule has 0 bridgehead atoms. The summed E-state index contributed by atoms with van der Waals surface area (Å²) in [5.74, 6) is 1.18. The lowest BCUT2D eigenvalue weighted by molar-refractivity contribution is -0.138. The van der Waals surface area contributed by atoms with Crippen LogP contribution in [0.1, 0.15) is 24.5 Å². The first-order valence-corrected chi connectivity index (χ1v) is 8.66. The third-order valence-electron chi connectivity index (χ3n) is 4.27. The summed E-state index contributed by atoms with van der Waals surface area (Å²) in [6, 6.07) is 3.95. The van der Waals surface area contributed by atoms with E-state index in [4.69, 9.17) is 9.47 Å². The van der Waals surface area contributed by atoms with E-state index in [2.05, 4.69) is 10.3 Å². The van der Waals surface area contributed by atoms with Crippen LogP contribution in [0.5, 0.6) is 5.75 Å². The number of nitrogens with zero attached hydrogens (tertiary/aromatic N) is 2. The van der Waals surface area contributed by atoms with E-state index in [9.17, 15) is 13.2 Å². The zero-order valence-electron chi connectivity index (χ0n) is 15.4. The van der Waals surface area contributed by atoms with Crippen molar-refractivity contribution in [3.63, 3.8) is 0 Å². The van der Waals surface area contributed by atoms with Crippen LogP contribution in [0.2, 0.25) is 0 Å². The molecule has 1 saturated heterocycles. The van der Waals surface area contributed by atoms with E-state index in [0.29, 0.717) is 25.0 Å². The Morgan fingerprint density at radius 2 is 2.19 bits per heavy atom. The van der Waals surface area contributed by atoms with Crippen LogP contribution in [-0.2, 0) is 17.5 Å². The Hall–Kier alpha value is -1.96. The van der Waals surface area contributed by atoms with Gasteiger partial charge in [-0.2, -0.15) is 13.2 Å². The second kappa shape index (κ2) is 9.12. The van der Waals surface area contributed by atoms with Crippen molar-refractivity contribution in [2.75, 3.05) is 40.5 Å². The predicted octanol–water partition coefficient (Wildman–Crippen LogP) is 3.15. The highest BCUT2D eigenvalue weighted by Crippen LogP contribution is 2.34. The van der Waals surface area contributed by atoms with Crippen LogP contribution in [0.15, 0.2) is 23.2 Å². The van der Waals surface area contributed by atoms with Crippen LogP contribution < -0.4 is 10.1 Å². The summed E-state index contributed by atoms with van der Waals surface area (Å²) in [5.41, 5.74) is -0.602. The average molecular weight is 373 g/mol. The van der Waals surface area contributed by atoms with Gasteiger partial charge < -0.3 is 19.7 Å². The monoisotopic (exact) mass is 373 g/mol. The second-order valence-electron chi connectivity index (χ2n) is 6.30. The molecule has 5 nitrogen and oxygen atoms in total. The number of hydrogen-bond donors (Lipinski definition) is 1. The van der Waals surface area contributed by atoms with Crippen molar-refractivity contribution in [2.45, 2.75) is 26.1 Å². The maximum absolute atomic E-state index is 13.3. The summed E-state index contributed by atoms with van der Waals surface area (Å²) in [7, 11) is 3.23. The van der Waals surface area contributed by atoms with E-state index in [-0.39, 0.29) is 17.9 Å². The normalized spacial score (nSPS) is 18.1. The Morgan fingerprint density at radius 3 is 2.77 bits per heavy atom. The van der Waals surface area contributed by atoms with E-state index in [1.807, 2.05) is 18.9 Å². The average Bonchev–Trinajstić information content (AvgIpc) is 3.10. The number of aliphatic imine (C=N–C) groups is 1. The van der Waals surface area contributed by atoms with Gasteiger partial charge in [0.2, 0.25) is 0 Å². The van der Waals surface area contributed by atoms with Crippen LogP contribution in [0, 0.1) is 5.92 Å². The topological polar surface area (TPSA) is 46.1 Å². The highest BCUT2D eigenvalue weighted by atomic mass is 19.4. The summed E-state index contributed by atoms with van der Waals surface area (Å²) in [6.07, 6.45) is -3.47. The summed E-state index contributed by atoms with van der Waals surface area (Å²) in [4.78, 5) is 6.35. The molecule has 0 aliphatic carbocycles. The maximum Gasteiger partial charge on any atom is 0.416 e. The molecule has 1 atom stereocenters. The van der Waals surface area contributed by atoms with Gasteiger partial charge in [0.25, 0.3) is 0 Å². The molecule has 1 fully saturated rings. The molecule has 26 heavy (non-hydrogen) atoms. The molecule has 1 aliphatic rings. The van der Waals surface area contributed by atoms with Crippen LogP contribution in [0.3, 0.4) is 0 Å². The molecule has 1 unspecified atom stereocenters. The van der Waals surface area contributed by atoms with Crippen molar-refractivity contribution >= 4 is 5.96 Å². The van der Waals surface area contributed by atoms with Gasteiger partial charge in [0.05, 0.1) is 25.8 Å². The molecule has 0 saturated carbocycles. The lowest BCUT2D eigenvalue weighted by Crippen LogP contribution is -2.41. The Morgan fingerprint density at radius 1 is 1.42 bits per heavy atom. The number of ether oxygens (including phenoxy) is 2. The first-order valence-electron chi connectivity index (χ1n) is 8.66. The molecule has 0 spiro atoms. The fraction of sp³-hybridized carbons (Fsp3) is 0.611. The quantitative estimate of drug-likeness (QED) is 0.615. The van der Waals surface area contributed by atoms with E-state index in [0.717, 1.165) is 25.6 Å². The van der Waals surface area contributed by atoms with Crippen LogP contribution in [-0.4, -0.2) is 51.3 Å². The van der Waals surface area contributed by atoms with Crippen molar-refractivity contribution in [3.05, 3.63) is 29.3 Å². The fourth-order valence-corrected chi connectivity index (χ4v) is 2.92. The molecule has 1 heterocycles. The molecule has 8 heteroatoms. The zero-order valence-corrected chi connectivity index (χ0v) is 15.4. The van der Waals surface area contributed by atoms with Crippen molar-refractivity contribution in [1.82, 2.24) is 10.2 Å². The second-order valence-corrected chi connectivity index (χ2v) is 6.30. The van der Waals surface area contributed by atoms with Gasteiger partial charge in [-0.1, -0.05) is 6.07 Å². The van der Waals surface area contributed by atoms with Gasteiger partial charge in [-0.3, -0.25) is 0 Å². The van der Waals surface area contributed by atoms with Gasteiger partial charge in [-0.15, -0.1) is 0 Å². The number of rotatable bonds is 6. The van der Waals surface area contributed by atoms with Crippen LogP contribution in [0.25, 0.3) is 0 Å². The van der Waals surface area contributed by atoms with Gasteiger partial charge in [0, 0.05) is 32.7 Å². The molecule has 0 radical (unpaired) electrons. The lowest BCUT2D eigenvalue weighted by atomic mass is 10.1. The summed E-state index contributed by atoms with van der Waals surface area (Å²) in [5, 5.41) is 3.14. The molecule has 1 aromatic rings. The molecule has 2 rings (SSSR count). The molecule has 1 aliphatic heterocycles. The minimum atomic E-state index is -4.45. The van der Waals surface area contributed by atoms with E-state index < -0.39 is 11.7 Å². The van der Waals surface area contributed by atoms with Gasteiger partial charge >= 0.3 is 6.18 Å². The van der Waals surface area contributed by atoms with Crippen molar-refractivity contribution in [2.24, 2.45) is 10.9 Å². The summed E-state index contributed by atoms with van der Waals surface area (Å²) < 4.78 is 50.3. The number of guanidine groups is 1. The third kappa shape index (κ3) is 5.52. The highest BCUT2D eigenvalue weighted by molar-refractivity contribution is 5.79. The van der Waals surface area contributed by atoms with E-state index in [1.165, 1.54) is 19.2 Å². The molecule has 0 aromatic heterocycles. The molecule has 0 amide bonds. The summed E-state index contributed by atoms with van der Waals surface area (Å²) >= 11 is 0. The van der Waals surface area contributed by atoms with Gasteiger partial charge in [-0.05, 0) is 31.0 Å². The molecule has 1 aromatic carbocycles. The lowest BCUT2D eigenvalue weighted by Gasteiger charge is -2.24. The Labute approximate surface area is 152 Å². The molecular weight excluding hydrogens is 347 g/mol. The standard InChI is InChI=1S/C18H26F3N3O2/c1-4-22-17(24(2)11-13-7-8-26-12-13)23-10-14-5-6-15(25-3)9-16(14)18(19,20)21/h5-6,9,13H,4,7-8,10-12H2,1-3H3,(H,22,23). The highest BCUT2D eigenvalue weighted by Gasteiger charge is 2.33. The number of hydrogen-bond acceptors (Lipinski definition) is 3. The first-order chi connectivity index (χ1) is 12.3. The summed E-state index contributed by atoms with van der Waals surface area (Å²) in [6.45, 7) is 4.72. The Bertz CT molecular complexity index is 614. The van der Waals surface area contributed by atoms with Gasteiger partial charge in [0.15, 0.2) is 5.96 Å². The number of alkyl halides is 3. The van der Waals surface area contributed by atoms with Crippen molar-refractivity contribution in [3.8, 4) is 5.75 Å². The minimum Gasteiger partial charge on any atom is -0.497 e. The molecule has 146 valence electrons. The minimum absolute atomic E-state index is 0.0628. The van der Waals surface area contributed by atoms with Crippen molar-refractivity contribution < 1.29 is 22.6 Å². The van der Waals surface area contributed by atoms with E-state index in [1.54, 1.807) is 0 Å². The fourth-order valence-electron chi connectivity index (χ4n) is 2.92. The van der Waals surface area contributed by atoms with Crippen LogP contribution >= 0.6 is 0 Å². The largest absolute Gasteiger partial charge is 0.497 e. The molecular formula is C18H26F3N3O2. The zero-order chi connectivity index (χ0) is 19.2. The number of halogens is 3. The third-order valence-corrected chi connectivity index (χ3v) is 4.27. The van der Waals surface area contributed by atoms with E-state index >= 15 is 0 Å². The van der Waals surface area contributed by atoms with Crippen molar-refractivity contribution in [1.29, 1.82) is 0 Å². The SMILES string of the molecule is CCNC(=NCc1ccc(OC)cc1C(F)(F)F)N(C)CC1CCOC1. The van der Waals surface area contributed by atoms with Crippen LogP contribution in [0.4, 0.5) is 13.2 Å². The first kappa shape index (κ1) is 20.4. The predicted molar refractivity (Wildman–Crippen MR) is 94.4 cm³/mol. The number of methoxy groups -OCH3 is 1.